The fraction of sp³-hybridized carbons (Fsp3) is 0.500. The van der Waals surface area contributed by atoms with E-state index in [4.69, 9.17) is 0 Å². The molecule has 0 saturated heterocycles. The monoisotopic (exact) mass is 319 g/mol. The van der Waals surface area contributed by atoms with Crippen LogP contribution in [0.5, 0.6) is 0 Å². The lowest BCUT2D eigenvalue weighted by Crippen LogP contribution is -2.32. The Labute approximate surface area is 123 Å². The average molecular weight is 319 g/mol. The van der Waals surface area contributed by atoms with Gasteiger partial charge in [-0.15, -0.1) is 0 Å². The van der Waals surface area contributed by atoms with Gasteiger partial charge < -0.3 is 0 Å². The summed E-state index contributed by atoms with van der Waals surface area (Å²) in [5.74, 6) is -1.31. The lowest BCUT2D eigenvalue weighted by Gasteiger charge is -2.21. The number of carbonyl (C=O) groups is 1. The number of nitrogens with zero attached hydrogens (tertiary/aromatic N) is 1. The van der Waals surface area contributed by atoms with Crippen LogP contribution in [-0.2, 0) is 10.0 Å². The lowest BCUT2D eigenvalue weighted by molar-refractivity contribution is 0.0678. The first kappa shape index (κ1) is 17.7. The zero-order chi connectivity index (χ0) is 16.0. The van der Waals surface area contributed by atoms with Gasteiger partial charge in [0.05, 0.1) is 4.90 Å². The number of benzene rings is 1. The molecular weight excluding hydrogens is 300 g/mol. The van der Waals surface area contributed by atoms with Crippen LogP contribution in [0.3, 0.4) is 0 Å². The van der Waals surface area contributed by atoms with Crippen LogP contribution < -0.4 is 0 Å². The summed E-state index contributed by atoms with van der Waals surface area (Å²) in [6.07, 6.45) is -1.73. The van der Waals surface area contributed by atoms with Gasteiger partial charge in [-0.3, -0.25) is 4.79 Å². The van der Waals surface area contributed by atoms with Crippen molar-refractivity contribution in [2.24, 2.45) is 0 Å². The van der Waals surface area contributed by atoms with Crippen molar-refractivity contribution in [2.75, 3.05) is 13.1 Å². The molecule has 0 saturated carbocycles. The second kappa shape index (κ2) is 7.61. The quantitative estimate of drug-likeness (QED) is 0.692. The van der Waals surface area contributed by atoms with Crippen molar-refractivity contribution in [3.05, 3.63) is 29.8 Å². The highest BCUT2D eigenvalue weighted by atomic mass is 32.2. The van der Waals surface area contributed by atoms with Crippen molar-refractivity contribution >= 4 is 15.8 Å². The second-order valence-electron chi connectivity index (χ2n) is 4.59. The molecule has 21 heavy (non-hydrogen) atoms. The molecule has 0 heterocycles. The Morgan fingerprint density at radius 3 is 1.95 bits per heavy atom. The van der Waals surface area contributed by atoms with Crippen molar-refractivity contribution in [3.8, 4) is 0 Å². The predicted octanol–water partition coefficient (Wildman–Crippen LogP) is 2.95. The highest BCUT2D eigenvalue weighted by molar-refractivity contribution is 7.89. The van der Waals surface area contributed by atoms with Crippen LogP contribution in [-0.4, -0.2) is 38.0 Å². The average Bonchev–Trinajstić information content (AvgIpc) is 2.46. The minimum Gasteiger partial charge on any atom is -0.288 e. The van der Waals surface area contributed by atoms with E-state index in [1.165, 1.54) is 16.4 Å². The van der Waals surface area contributed by atoms with Gasteiger partial charge in [-0.05, 0) is 37.1 Å². The van der Waals surface area contributed by atoms with Crippen LogP contribution in [0.1, 0.15) is 37.0 Å². The van der Waals surface area contributed by atoms with Crippen molar-refractivity contribution in [2.45, 2.75) is 38.0 Å². The summed E-state index contributed by atoms with van der Waals surface area (Å²) in [7, 11) is -3.65. The zero-order valence-corrected chi connectivity index (χ0v) is 12.9. The molecule has 4 nitrogen and oxygen atoms in total. The molecule has 1 aromatic carbocycles. The maximum atomic E-state index is 12.4. The molecule has 118 valence electrons. The summed E-state index contributed by atoms with van der Waals surface area (Å²) in [6.45, 7) is 4.55. The van der Waals surface area contributed by atoms with Gasteiger partial charge in [0, 0.05) is 18.7 Å². The smallest absolute Gasteiger partial charge is 0.288 e. The van der Waals surface area contributed by atoms with Crippen LogP contribution in [0.15, 0.2) is 29.2 Å². The molecular formula is C14H19F2NO3S. The topological polar surface area (TPSA) is 54.5 Å². The molecule has 0 radical (unpaired) electrons. The number of ketones is 1. The van der Waals surface area contributed by atoms with E-state index in [-0.39, 0.29) is 10.5 Å². The van der Waals surface area contributed by atoms with Gasteiger partial charge in [-0.1, -0.05) is 13.8 Å². The third-order valence-corrected chi connectivity index (χ3v) is 4.83. The molecule has 0 atom stereocenters. The number of hydrogen-bond donors (Lipinski definition) is 0. The Bertz CT molecular complexity index is 564. The van der Waals surface area contributed by atoms with E-state index >= 15 is 0 Å². The van der Waals surface area contributed by atoms with Gasteiger partial charge in [-0.25, -0.2) is 17.2 Å². The van der Waals surface area contributed by atoms with Gasteiger partial charge in [-0.2, -0.15) is 4.31 Å². The Balaban J connectivity index is 3.06. The number of sulfonamides is 1. The SMILES string of the molecule is CCCN(CCC)S(=O)(=O)c1ccc(C(=O)C(F)F)cc1. The molecule has 0 N–H and O–H groups in total. The number of Topliss-reactive ketones (excluding diaryl/α,β-unsaturated/α-hetero) is 1. The number of hydrogen-bond acceptors (Lipinski definition) is 3. The first-order valence-electron chi connectivity index (χ1n) is 6.77. The van der Waals surface area contributed by atoms with Crippen molar-refractivity contribution in [3.63, 3.8) is 0 Å². The molecule has 0 fully saturated rings. The molecule has 0 aliphatic carbocycles. The Kier molecular flexibility index (Phi) is 6.42. The third-order valence-electron chi connectivity index (χ3n) is 2.92. The summed E-state index contributed by atoms with van der Waals surface area (Å²) in [5, 5.41) is 0. The molecule has 0 aromatic heterocycles. The van der Waals surface area contributed by atoms with Gasteiger partial charge in [0.25, 0.3) is 0 Å². The third kappa shape index (κ3) is 4.31. The number of alkyl halides is 2. The molecule has 0 unspecified atom stereocenters. The molecule has 0 aliphatic heterocycles. The molecule has 1 rings (SSSR count). The Morgan fingerprint density at radius 1 is 1.10 bits per heavy atom. The van der Waals surface area contributed by atoms with Crippen LogP contribution in [0, 0.1) is 0 Å². The van der Waals surface area contributed by atoms with Crippen LogP contribution in [0.25, 0.3) is 0 Å². The fourth-order valence-electron chi connectivity index (χ4n) is 1.92. The predicted molar refractivity (Wildman–Crippen MR) is 76.1 cm³/mol. The molecule has 0 aliphatic rings. The Hall–Kier alpha value is -1.34. The van der Waals surface area contributed by atoms with E-state index in [1.807, 2.05) is 13.8 Å². The maximum absolute atomic E-state index is 12.4. The number of rotatable bonds is 8. The van der Waals surface area contributed by atoms with Crippen molar-refractivity contribution < 1.29 is 22.0 Å². The minimum absolute atomic E-state index is 0.00946. The molecule has 1 aromatic rings. The summed E-state index contributed by atoms with van der Waals surface area (Å²) >= 11 is 0. The summed E-state index contributed by atoms with van der Waals surface area (Å²) in [6, 6.07) is 4.64. The first-order valence-corrected chi connectivity index (χ1v) is 8.21. The highest BCUT2D eigenvalue weighted by Gasteiger charge is 2.24. The summed E-state index contributed by atoms with van der Waals surface area (Å²) in [5.41, 5.74) is -0.193. The fourth-order valence-corrected chi connectivity index (χ4v) is 3.54. The first-order chi connectivity index (χ1) is 9.84. The zero-order valence-electron chi connectivity index (χ0n) is 12.1. The maximum Gasteiger partial charge on any atom is 0.300 e. The van der Waals surface area contributed by atoms with Gasteiger partial charge in [0.1, 0.15) is 0 Å². The van der Waals surface area contributed by atoms with Crippen LogP contribution in [0.4, 0.5) is 8.78 Å². The van der Waals surface area contributed by atoms with Gasteiger partial charge in [0.15, 0.2) is 0 Å². The van der Waals surface area contributed by atoms with E-state index in [2.05, 4.69) is 0 Å². The van der Waals surface area contributed by atoms with E-state index < -0.39 is 22.2 Å². The van der Waals surface area contributed by atoms with E-state index in [1.54, 1.807) is 0 Å². The largest absolute Gasteiger partial charge is 0.300 e. The normalized spacial score (nSPS) is 12.1. The molecule has 0 spiro atoms. The lowest BCUT2D eigenvalue weighted by atomic mass is 10.1. The van der Waals surface area contributed by atoms with Crippen molar-refractivity contribution in [1.82, 2.24) is 4.31 Å². The van der Waals surface area contributed by atoms with E-state index in [0.29, 0.717) is 25.9 Å². The summed E-state index contributed by atoms with van der Waals surface area (Å²) in [4.78, 5) is 11.1. The van der Waals surface area contributed by atoms with E-state index in [9.17, 15) is 22.0 Å². The molecule has 0 amide bonds. The van der Waals surface area contributed by atoms with Crippen LogP contribution >= 0.6 is 0 Å². The van der Waals surface area contributed by atoms with Crippen LogP contribution in [0.2, 0.25) is 0 Å². The highest BCUT2D eigenvalue weighted by Crippen LogP contribution is 2.18. The molecule has 0 bridgehead atoms. The Morgan fingerprint density at radius 2 is 1.57 bits per heavy atom. The van der Waals surface area contributed by atoms with E-state index in [0.717, 1.165) is 12.1 Å². The standard InChI is InChI=1S/C14H19F2NO3S/c1-3-9-17(10-4-2)21(19,20)12-7-5-11(6-8-12)13(18)14(15)16/h5-8,14H,3-4,9-10H2,1-2H3. The second-order valence-corrected chi connectivity index (χ2v) is 6.53. The van der Waals surface area contributed by atoms with Gasteiger partial charge in [0.2, 0.25) is 15.8 Å². The summed E-state index contributed by atoms with van der Waals surface area (Å²) < 4.78 is 50.8. The van der Waals surface area contributed by atoms with Crippen molar-refractivity contribution in [1.29, 1.82) is 0 Å². The molecule has 7 heteroatoms. The number of carbonyl (C=O) groups excluding carboxylic acids is 1. The number of halogens is 2. The van der Waals surface area contributed by atoms with Gasteiger partial charge >= 0.3 is 6.43 Å². The minimum atomic E-state index is -3.65.